The first kappa shape index (κ1) is 13.9. The fourth-order valence-electron chi connectivity index (χ4n) is 1.68. The van der Waals surface area contributed by atoms with Crippen molar-refractivity contribution in [2.75, 3.05) is 33.5 Å². The van der Waals surface area contributed by atoms with E-state index in [1.807, 2.05) is 0 Å². The highest BCUT2D eigenvalue weighted by Crippen LogP contribution is 2.18. The van der Waals surface area contributed by atoms with Gasteiger partial charge in [-0.05, 0) is 38.6 Å². The number of hydrogen-bond acceptors (Lipinski definition) is 3. The van der Waals surface area contributed by atoms with Gasteiger partial charge in [-0.2, -0.15) is 0 Å². The van der Waals surface area contributed by atoms with E-state index in [0.29, 0.717) is 0 Å². The van der Waals surface area contributed by atoms with Crippen molar-refractivity contribution in [1.29, 1.82) is 0 Å². The van der Waals surface area contributed by atoms with Gasteiger partial charge in [0.05, 0.1) is 0 Å². The van der Waals surface area contributed by atoms with E-state index in [0.717, 1.165) is 32.3 Å². The van der Waals surface area contributed by atoms with Crippen LogP contribution in [0.4, 0.5) is 0 Å². The Morgan fingerprint density at radius 2 is 1.69 bits per heavy atom. The molecule has 0 radical (unpaired) electrons. The van der Waals surface area contributed by atoms with Crippen molar-refractivity contribution in [1.82, 2.24) is 5.32 Å². The summed E-state index contributed by atoms with van der Waals surface area (Å²) in [5.74, 6) is 0. The molecule has 96 valence electrons. The van der Waals surface area contributed by atoms with Crippen LogP contribution in [0.5, 0.6) is 0 Å². The second-order valence-corrected chi connectivity index (χ2v) is 4.60. The predicted molar refractivity (Wildman–Crippen MR) is 66.8 cm³/mol. The van der Waals surface area contributed by atoms with Crippen LogP contribution in [0, 0.1) is 0 Å². The zero-order chi connectivity index (χ0) is 11.5. The zero-order valence-electron chi connectivity index (χ0n) is 10.7. The molecule has 0 aliphatic heterocycles. The van der Waals surface area contributed by atoms with Crippen LogP contribution in [0.3, 0.4) is 0 Å². The monoisotopic (exact) mass is 229 g/mol. The smallest absolute Gasteiger partial charge is 0.0487 e. The van der Waals surface area contributed by atoms with Crippen molar-refractivity contribution in [3.05, 3.63) is 0 Å². The van der Waals surface area contributed by atoms with E-state index in [-0.39, 0.29) is 0 Å². The van der Waals surface area contributed by atoms with E-state index in [1.54, 1.807) is 7.11 Å². The Morgan fingerprint density at radius 1 is 0.938 bits per heavy atom. The quantitative estimate of drug-likeness (QED) is 0.521. The third-order valence-corrected chi connectivity index (χ3v) is 2.86. The molecule has 0 atom stereocenters. The highest BCUT2D eigenvalue weighted by molar-refractivity contribution is 4.80. The Kier molecular flexibility index (Phi) is 8.77. The van der Waals surface area contributed by atoms with Crippen LogP contribution in [-0.4, -0.2) is 39.5 Å². The average molecular weight is 229 g/mol. The largest absolute Gasteiger partial charge is 0.385 e. The third-order valence-electron chi connectivity index (χ3n) is 2.86. The van der Waals surface area contributed by atoms with Crippen LogP contribution in [-0.2, 0) is 9.47 Å². The molecular weight excluding hydrogens is 202 g/mol. The van der Waals surface area contributed by atoms with E-state index < -0.39 is 0 Å². The van der Waals surface area contributed by atoms with Crippen molar-refractivity contribution >= 4 is 0 Å². The van der Waals surface area contributed by atoms with Crippen LogP contribution >= 0.6 is 0 Å². The van der Waals surface area contributed by atoms with Crippen molar-refractivity contribution in [2.45, 2.75) is 51.0 Å². The molecular formula is C13H27NO2. The summed E-state index contributed by atoms with van der Waals surface area (Å²) in [7, 11) is 1.73. The number of nitrogens with one attached hydrogen (secondary N) is 1. The Hall–Kier alpha value is -0.120. The van der Waals surface area contributed by atoms with E-state index in [9.17, 15) is 0 Å². The molecule has 3 heteroatoms. The average Bonchev–Trinajstić information content (AvgIpc) is 3.10. The van der Waals surface area contributed by atoms with Crippen LogP contribution in [0.2, 0.25) is 0 Å². The Labute approximate surface area is 99.9 Å². The Morgan fingerprint density at radius 3 is 2.44 bits per heavy atom. The van der Waals surface area contributed by atoms with Crippen molar-refractivity contribution < 1.29 is 9.47 Å². The summed E-state index contributed by atoms with van der Waals surface area (Å²) >= 11 is 0. The summed E-state index contributed by atoms with van der Waals surface area (Å²) in [6.45, 7) is 3.78. The molecule has 3 nitrogen and oxygen atoms in total. The SMILES string of the molecule is COCCCOCCCCCCNC1CC1. The molecule has 0 unspecified atom stereocenters. The number of rotatable bonds is 12. The lowest BCUT2D eigenvalue weighted by molar-refractivity contribution is 0.100. The molecule has 1 aliphatic carbocycles. The fraction of sp³-hybridized carbons (Fsp3) is 1.00. The predicted octanol–water partition coefficient (Wildman–Crippen LogP) is 2.35. The number of ether oxygens (including phenoxy) is 2. The number of unbranched alkanes of at least 4 members (excludes halogenated alkanes) is 3. The lowest BCUT2D eigenvalue weighted by Crippen LogP contribution is -2.17. The molecule has 1 fully saturated rings. The van der Waals surface area contributed by atoms with Gasteiger partial charge in [0.25, 0.3) is 0 Å². The lowest BCUT2D eigenvalue weighted by atomic mass is 10.2. The minimum absolute atomic E-state index is 0.812. The molecule has 0 amide bonds. The fourth-order valence-corrected chi connectivity index (χ4v) is 1.68. The second-order valence-electron chi connectivity index (χ2n) is 4.60. The van der Waals surface area contributed by atoms with Crippen molar-refractivity contribution in [2.24, 2.45) is 0 Å². The first-order chi connectivity index (χ1) is 7.93. The summed E-state index contributed by atoms with van der Waals surface area (Å²) in [5.41, 5.74) is 0. The molecule has 1 rings (SSSR count). The van der Waals surface area contributed by atoms with E-state index in [2.05, 4.69) is 5.32 Å². The normalized spacial score (nSPS) is 15.6. The molecule has 0 saturated heterocycles. The molecule has 1 aliphatic rings. The van der Waals surface area contributed by atoms with Crippen molar-refractivity contribution in [3.63, 3.8) is 0 Å². The molecule has 16 heavy (non-hydrogen) atoms. The maximum absolute atomic E-state index is 5.49. The van der Waals surface area contributed by atoms with Gasteiger partial charge < -0.3 is 14.8 Å². The second kappa shape index (κ2) is 10.1. The number of methoxy groups -OCH3 is 1. The molecule has 1 saturated carbocycles. The highest BCUT2D eigenvalue weighted by atomic mass is 16.5. The van der Waals surface area contributed by atoms with Gasteiger partial charge in [-0.15, -0.1) is 0 Å². The molecule has 0 heterocycles. The summed E-state index contributed by atoms with van der Waals surface area (Å²) in [5, 5.41) is 3.54. The third kappa shape index (κ3) is 9.13. The topological polar surface area (TPSA) is 30.5 Å². The minimum atomic E-state index is 0.812. The van der Waals surface area contributed by atoms with Gasteiger partial charge in [-0.25, -0.2) is 0 Å². The van der Waals surface area contributed by atoms with Gasteiger partial charge in [0.15, 0.2) is 0 Å². The number of hydrogen-bond donors (Lipinski definition) is 1. The summed E-state index contributed by atoms with van der Waals surface area (Å²) < 4.78 is 10.4. The maximum Gasteiger partial charge on any atom is 0.0487 e. The van der Waals surface area contributed by atoms with Gasteiger partial charge in [0.2, 0.25) is 0 Å². The molecule has 0 bridgehead atoms. The van der Waals surface area contributed by atoms with Gasteiger partial charge in [0.1, 0.15) is 0 Å². The zero-order valence-corrected chi connectivity index (χ0v) is 10.7. The van der Waals surface area contributed by atoms with E-state index in [1.165, 1.54) is 45.1 Å². The van der Waals surface area contributed by atoms with Crippen molar-refractivity contribution in [3.8, 4) is 0 Å². The first-order valence-electron chi connectivity index (χ1n) is 6.73. The summed E-state index contributed by atoms with van der Waals surface area (Å²) in [6, 6.07) is 0.865. The molecule has 1 N–H and O–H groups in total. The summed E-state index contributed by atoms with van der Waals surface area (Å²) in [6.07, 6.45) is 8.97. The highest BCUT2D eigenvalue weighted by Gasteiger charge is 2.19. The van der Waals surface area contributed by atoms with Crippen LogP contribution in [0.15, 0.2) is 0 Å². The Bertz CT molecular complexity index is 149. The lowest BCUT2D eigenvalue weighted by Gasteiger charge is -2.04. The molecule has 0 aromatic carbocycles. The van der Waals surface area contributed by atoms with Gasteiger partial charge in [0, 0.05) is 33.0 Å². The van der Waals surface area contributed by atoms with Crippen LogP contribution < -0.4 is 5.32 Å². The van der Waals surface area contributed by atoms with Crippen LogP contribution in [0.25, 0.3) is 0 Å². The minimum Gasteiger partial charge on any atom is -0.385 e. The van der Waals surface area contributed by atoms with Gasteiger partial charge >= 0.3 is 0 Å². The van der Waals surface area contributed by atoms with Gasteiger partial charge in [-0.3, -0.25) is 0 Å². The Balaban J connectivity index is 1.61. The molecule has 0 aromatic heterocycles. The first-order valence-corrected chi connectivity index (χ1v) is 6.73. The standard InChI is InChI=1S/C13H27NO2/c1-15-10-6-12-16-11-5-3-2-4-9-14-13-7-8-13/h13-14H,2-12H2,1H3. The maximum atomic E-state index is 5.49. The van der Waals surface area contributed by atoms with E-state index >= 15 is 0 Å². The van der Waals surface area contributed by atoms with Gasteiger partial charge in [-0.1, -0.05) is 12.8 Å². The van der Waals surface area contributed by atoms with E-state index in [4.69, 9.17) is 9.47 Å². The molecule has 0 aromatic rings. The summed E-state index contributed by atoms with van der Waals surface area (Å²) in [4.78, 5) is 0. The molecule has 0 spiro atoms. The van der Waals surface area contributed by atoms with Crippen LogP contribution in [0.1, 0.15) is 44.9 Å².